The first-order chi connectivity index (χ1) is 15.7. The van der Waals surface area contributed by atoms with Crippen LogP contribution in [0.4, 0.5) is 5.69 Å². The minimum Gasteiger partial charge on any atom is -0.493 e. The number of benzene rings is 3. The van der Waals surface area contributed by atoms with Crippen LogP contribution in [0.25, 0.3) is 21.7 Å². The summed E-state index contributed by atoms with van der Waals surface area (Å²) >= 11 is 0. The number of anilines is 1. The highest BCUT2D eigenvalue weighted by atomic mass is 16.5. The third-order valence-corrected chi connectivity index (χ3v) is 6.35. The Kier molecular flexibility index (Phi) is 5.71. The number of carboxylic acids is 1. The van der Waals surface area contributed by atoms with Gasteiger partial charge in [-0.05, 0) is 43.2 Å². The molecule has 0 amide bonds. The molecular formula is C27H28N2O3. The van der Waals surface area contributed by atoms with E-state index < -0.39 is 5.97 Å². The second-order valence-corrected chi connectivity index (χ2v) is 8.40. The first-order valence-corrected chi connectivity index (χ1v) is 11.4. The summed E-state index contributed by atoms with van der Waals surface area (Å²) in [6.07, 6.45) is 4.15. The van der Waals surface area contributed by atoms with Gasteiger partial charge in [0.15, 0.2) is 5.69 Å². The first-order valence-electron chi connectivity index (χ1n) is 11.4. The minimum absolute atomic E-state index is 0.401. The summed E-state index contributed by atoms with van der Waals surface area (Å²) < 4.78 is 8.07. The number of hydrogen-bond donors (Lipinski definition) is 1. The fourth-order valence-corrected chi connectivity index (χ4v) is 4.90. The van der Waals surface area contributed by atoms with E-state index >= 15 is 0 Å². The van der Waals surface area contributed by atoms with Crippen molar-refractivity contribution in [1.29, 1.82) is 0 Å². The number of aromatic nitrogens is 1. The fourth-order valence-electron chi connectivity index (χ4n) is 4.90. The molecule has 0 spiro atoms. The monoisotopic (exact) mass is 428 g/mol. The van der Waals surface area contributed by atoms with E-state index in [1.165, 1.54) is 6.42 Å². The second kappa shape index (κ2) is 8.95. The summed E-state index contributed by atoms with van der Waals surface area (Å²) in [5.74, 6) is 0.00433. The number of carboxylic acid groups (broad SMARTS) is 1. The largest absolute Gasteiger partial charge is 0.493 e. The Morgan fingerprint density at radius 3 is 2.41 bits per heavy atom. The van der Waals surface area contributed by atoms with E-state index in [9.17, 15) is 9.90 Å². The zero-order valence-corrected chi connectivity index (χ0v) is 18.2. The molecule has 1 aromatic heterocycles. The number of para-hydroxylation sites is 1. The molecule has 0 aliphatic carbocycles. The SMILES string of the molecule is O=C(O)c1c(N2CCCCC2)c2ccccc2n1CCCOc1cccc2ccccc12. The molecule has 1 N–H and O–H groups in total. The van der Waals surface area contributed by atoms with Gasteiger partial charge in [0.25, 0.3) is 0 Å². The summed E-state index contributed by atoms with van der Waals surface area (Å²) in [7, 11) is 0. The van der Waals surface area contributed by atoms with Crippen LogP contribution in [-0.4, -0.2) is 35.3 Å². The number of aryl methyl sites for hydroxylation is 1. The van der Waals surface area contributed by atoms with Crippen molar-refractivity contribution in [1.82, 2.24) is 4.57 Å². The highest BCUT2D eigenvalue weighted by Gasteiger charge is 2.26. The number of carbonyl (C=O) groups is 1. The lowest BCUT2D eigenvalue weighted by Crippen LogP contribution is -2.31. The van der Waals surface area contributed by atoms with Crippen molar-refractivity contribution in [2.45, 2.75) is 32.2 Å². The van der Waals surface area contributed by atoms with Crippen LogP contribution in [0.5, 0.6) is 5.75 Å². The number of ether oxygens (including phenoxy) is 1. The molecule has 0 saturated carbocycles. The fraction of sp³-hybridized carbons (Fsp3) is 0.296. The average molecular weight is 429 g/mol. The summed E-state index contributed by atoms with van der Waals surface area (Å²) in [4.78, 5) is 14.6. The van der Waals surface area contributed by atoms with Crippen molar-refractivity contribution in [3.63, 3.8) is 0 Å². The maximum atomic E-state index is 12.4. The Morgan fingerprint density at radius 2 is 1.59 bits per heavy atom. The van der Waals surface area contributed by atoms with Crippen LogP contribution < -0.4 is 9.64 Å². The third kappa shape index (κ3) is 3.79. The van der Waals surface area contributed by atoms with Gasteiger partial charge in [-0.2, -0.15) is 0 Å². The molecule has 3 aromatic carbocycles. The number of rotatable bonds is 7. The molecule has 5 nitrogen and oxygen atoms in total. The number of nitrogens with zero attached hydrogens (tertiary/aromatic N) is 2. The molecule has 2 heterocycles. The van der Waals surface area contributed by atoms with E-state index in [0.29, 0.717) is 18.8 Å². The smallest absolute Gasteiger partial charge is 0.354 e. The van der Waals surface area contributed by atoms with E-state index in [2.05, 4.69) is 29.2 Å². The maximum absolute atomic E-state index is 12.4. The van der Waals surface area contributed by atoms with Gasteiger partial charge in [-0.3, -0.25) is 0 Å². The number of fused-ring (bicyclic) bond motifs is 2. The Labute approximate surface area is 187 Å². The van der Waals surface area contributed by atoms with Gasteiger partial charge in [-0.25, -0.2) is 4.79 Å². The maximum Gasteiger partial charge on any atom is 0.354 e. The third-order valence-electron chi connectivity index (χ3n) is 6.35. The van der Waals surface area contributed by atoms with Crippen LogP contribution in [-0.2, 0) is 6.54 Å². The van der Waals surface area contributed by atoms with E-state index in [4.69, 9.17) is 4.74 Å². The molecule has 1 aliphatic heterocycles. The summed E-state index contributed by atoms with van der Waals surface area (Å²) in [6.45, 7) is 2.95. The molecule has 1 fully saturated rings. The van der Waals surface area contributed by atoms with Crippen molar-refractivity contribution in [2.75, 3.05) is 24.6 Å². The van der Waals surface area contributed by atoms with Gasteiger partial charge in [0, 0.05) is 30.4 Å². The average Bonchev–Trinajstić information content (AvgIpc) is 3.17. The van der Waals surface area contributed by atoms with Crippen molar-refractivity contribution < 1.29 is 14.6 Å². The van der Waals surface area contributed by atoms with E-state index in [1.54, 1.807) is 0 Å². The predicted octanol–water partition coefficient (Wildman–Crippen LogP) is 5.95. The lowest BCUT2D eigenvalue weighted by Gasteiger charge is -2.29. The quantitative estimate of drug-likeness (QED) is 0.370. The van der Waals surface area contributed by atoms with Gasteiger partial charge < -0.3 is 19.3 Å². The van der Waals surface area contributed by atoms with Gasteiger partial charge >= 0.3 is 5.97 Å². The summed E-state index contributed by atoms with van der Waals surface area (Å²) in [6, 6.07) is 22.3. The van der Waals surface area contributed by atoms with Crippen LogP contribution in [0.1, 0.15) is 36.2 Å². The predicted molar refractivity (Wildman–Crippen MR) is 129 cm³/mol. The molecular weight excluding hydrogens is 400 g/mol. The topological polar surface area (TPSA) is 54.7 Å². The molecule has 4 aromatic rings. The minimum atomic E-state index is -0.864. The van der Waals surface area contributed by atoms with Crippen LogP contribution in [0.15, 0.2) is 66.7 Å². The normalized spacial score (nSPS) is 14.2. The van der Waals surface area contributed by atoms with Crippen LogP contribution in [0.2, 0.25) is 0 Å². The van der Waals surface area contributed by atoms with Crippen molar-refractivity contribution in [2.24, 2.45) is 0 Å². The van der Waals surface area contributed by atoms with Gasteiger partial charge in [-0.15, -0.1) is 0 Å². The first kappa shape index (κ1) is 20.4. The Bertz CT molecular complexity index is 1250. The van der Waals surface area contributed by atoms with Gasteiger partial charge in [0.1, 0.15) is 5.75 Å². The lowest BCUT2D eigenvalue weighted by atomic mass is 10.1. The number of piperidine rings is 1. The Morgan fingerprint density at radius 1 is 0.875 bits per heavy atom. The molecule has 5 rings (SSSR count). The highest BCUT2D eigenvalue weighted by Crippen LogP contribution is 2.36. The van der Waals surface area contributed by atoms with E-state index in [1.807, 2.05) is 47.0 Å². The second-order valence-electron chi connectivity index (χ2n) is 8.40. The Balaban J connectivity index is 1.40. The number of aromatic carboxylic acids is 1. The van der Waals surface area contributed by atoms with Gasteiger partial charge in [0.2, 0.25) is 0 Å². The van der Waals surface area contributed by atoms with E-state index in [-0.39, 0.29) is 0 Å². The van der Waals surface area contributed by atoms with Gasteiger partial charge in [0.05, 0.1) is 17.8 Å². The molecule has 1 aliphatic rings. The summed E-state index contributed by atoms with van der Waals surface area (Å²) in [5.41, 5.74) is 2.26. The molecule has 0 atom stereocenters. The van der Waals surface area contributed by atoms with Crippen molar-refractivity contribution in [3.8, 4) is 5.75 Å². The van der Waals surface area contributed by atoms with E-state index in [0.717, 1.165) is 65.5 Å². The number of hydrogen-bond acceptors (Lipinski definition) is 3. The molecule has 0 unspecified atom stereocenters. The highest BCUT2D eigenvalue weighted by molar-refractivity contribution is 6.06. The molecule has 0 radical (unpaired) electrons. The molecule has 0 bridgehead atoms. The summed E-state index contributed by atoms with van der Waals surface area (Å²) in [5, 5.41) is 13.4. The zero-order chi connectivity index (χ0) is 21.9. The molecule has 5 heteroatoms. The Hall–Kier alpha value is -3.47. The van der Waals surface area contributed by atoms with Crippen molar-refractivity contribution in [3.05, 3.63) is 72.4 Å². The molecule has 164 valence electrons. The molecule has 32 heavy (non-hydrogen) atoms. The lowest BCUT2D eigenvalue weighted by molar-refractivity contribution is 0.0685. The van der Waals surface area contributed by atoms with Crippen LogP contribution in [0, 0.1) is 0 Å². The standard InChI is InChI=1S/C27H28N2O3/c30-27(31)26-25(28-16-6-1-7-17-28)22-13-4-5-14-23(22)29(26)18-9-19-32-24-15-8-11-20-10-2-3-12-21(20)24/h2-5,8,10-15H,1,6-7,9,16-19H2,(H,30,31). The van der Waals surface area contributed by atoms with Crippen LogP contribution >= 0.6 is 0 Å². The molecule has 1 saturated heterocycles. The van der Waals surface area contributed by atoms with Crippen molar-refractivity contribution >= 4 is 33.3 Å². The van der Waals surface area contributed by atoms with Crippen LogP contribution in [0.3, 0.4) is 0 Å². The van der Waals surface area contributed by atoms with Gasteiger partial charge in [-0.1, -0.05) is 54.6 Å². The zero-order valence-electron chi connectivity index (χ0n) is 18.2.